The van der Waals surface area contributed by atoms with Gasteiger partial charge in [0.25, 0.3) is 0 Å². The summed E-state index contributed by atoms with van der Waals surface area (Å²) in [5.41, 5.74) is 1.19. The SMILES string of the molecule is O=C(C[C@@H]1Sc2ccccc2NC1=O)NCc1ccccc1F. The number of carbonyl (C=O) groups is 2. The lowest BCUT2D eigenvalue weighted by Gasteiger charge is -2.23. The van der Waals surface area contributed by atoms with Gasteiger partial charge in [-0.05, 0) is 18.2 Å². The number of halogens is 1. The van der Waals surface area contributed by atoms with Crippen LogP contribution in [0.2, 0.25) is 0 Å². The maximum absolute atomic E-state index is 13.5. The molecule has 0 radical (unpaired) electrons. The maximum atomic E-state index is 13.5. The molecule has 1 aliphatic rings. The van der Waals surface area contributed by atoms with Gasteiger partial charge in [-0.2, -0.15) is 0 Å². The number of para-hydroxylation sites is 1. The first-order chi connectivity index (χ1) is 11.1. The Bertz CT molecular complexity index is 751. The standard InChI is InChI=1S/C17H15FN2O2S/c18-12-6-2-1-5-11(12)10-19-16(21)9-15-17(22)20-13-7-3-4-8-14(13)23-15/h1-8,15H,9-10H2,(H,19,21)(H,20,22)/t15-/m0/s1. The zero-order valence-corrected chi connectivity index (χ0v) is 13.0. The Labute approximate surface area is 137 Å². The Hall–Kier alpha value is -2.34. The van der Waals surface area contributed by atoms with Gasteiger partial charge in [-0.1, -0.05) is 30.3 Å². The number of carbonyl (C=O) groups excluding carboxylic acids is 2. The molecule has 1 atom stereocenters. The van der Waals surface area contributed by atoms with Crippen LogP contribution in [0.25, 0.3) is 0 Å². The van der Waals surface area contributed by atoms with E-state index >= 15 is 0 Å². The van der Waals surface area contributed by atoms with E-state index in [9.17, 15) is 14.0 Å². The molecule has 0 saturated carbocycles. The monoisotopic (exact) mass is 330 g/mol. The molecule has 23 heavy (non-hydrogen) atoms. The van der Waals surface area contributed by atoms with E-state index in [2.05, 4.69) is 10.6 Å². The average molecular weight is 330 g/mol. The van der Waals surface area contributed by atoms with Gasteiger partial charge in [-0.25, -0.2) is 4.39 Å². The van der Waals surface area contributed by atoms with Crippen LogP contribution in [-0.2, 0) is 16.1 Å². The van der Waals surface area contributed by atoms with Gasteiger partial charge in [0.2, 0.25) is 11.8 Å². The van der Waals surface area contributed by atoms with Crippen molar-refractivity contribution in [1.82, 2.24) is 5.32 Å². The third-order valence-corrected chi connectivity index (χ3v) is 4.79. The number of hydrogen-bond acceptors (Lipinski definition) is 3. The Morgan fingerprint density at radius 1 is 1.17 bits per heavy atom. The smallest absolute Gasteiger partial charge is 0.238 e. The number of thioether (sulfide) groups is 1. The summed E-state index contributed by atoms with van der Waals surface area (Å²) in [5.74, 6) is -0.818. The van der Waals surface area contributed by atoms with Gasteiger partial charge >= 0.3 is 0 Å². The lowest BCUT2D eigenvalue weighted by Crippen LogP contribution is -2.34. The maximum Gasteiger partial charge on any atom is 0.238 e. The number of anilines is 1. The minimum atomic E-state index is -0.481. The molecular formula is C17H15FN2O2S. The Morgan fingerprint density at radius 3 is 2.74 bits per heavy atom. The van der Waals surface area contributed by atoms with Gasteiger partial charge in [0.1, 0.15) is 5.82 Å². The van der Waals surface area contributed by atoms with Crippen LogP contribution in [0.3, 0.4) is 0 Å². The van der Waals surface area contributed by atoms with Crippen LogP contribution in [0.4, 0.5) is 10.1 Å². The zero-order valence-electron chi connectivity index (χ0n) is 12.2. The number of amides is 2. The summed E-state index contributed by atoms with van der Waals surface area (Å²) in [6.07, 6.45) is 0.0548. The van der Waals surface area contributed by atoms with E-state index in [4.69, 9.17) is 0 Å². The van der Waals surface area contributed by atoms with Gasteiger partial charge in [-0.15, -0.1) is 11.8 Å². The summed E-state index contributed by atoms with van der Waals surface area (Å²) >= 11 is 1.37. The molecule has 0 aliphatic carbocycles. The molecule has 1 heterocycles. The molecule has 0 aromatic heterocycles. The van der Waals surface area contributed by atoms with Crippen molar-refractivity contribution in [2.45, 2.75) is 23.1 Å². The molecule has 1 aliphatic heterocycles. The number of fused-ring (bicyclic) bond motifs is 1. The summed E-state index contributed by atoms with van der Waals surface area (Å²) in [4.78, 5) is 25.0. The van der Waals surface area contributed by atoms with E-state index in [0.29, 0.717) is 5.56 Å². The van der Waals surface area contributed by atoms with Crippen LogP contribution in [0.5, 0.6) is 0 Å². The predicted molar refractivity (Wildman–Crippen MR) is 87.6 cm³/mol. The molecule has 0 unspecified atom stereocenters. The summed E-state index contributed by atoms with van der Waals surface area (Å²) < 4.78 is 13.5. The first kappa shape index (κ1) is 15.6. The Kier molecular flexibility index (Phi) is 4.62. The molecule has 118 valence electrons. The van der Waals surface area contributed by atoms with E-state index in [1.165, 1.54) is 17.8 Å². The Morgan fingerprint density at radius 2 is 1.91 bits per heavy atom. The number of hydrogen-bond donors (Lipinski definition) is 2. The third kappa shape index (κ3) is 3.71. The van der Waals surface area contributed by atoms with Gasteiger partial charge in [-0.3, -0.25) is 9.59 Å². The summed E-state index contributed by atoms with van der Waals surface area (Å²) in [6, 6.07) is 13.8. The zero-order chi connectivity index (χ0) is 16.2. The minimum absolute atomic E-state index is 0.0548. The van der Waals surface area contributed by atoms with E-state index in [1.807, 2.05) is 24.3 Å². The van der Waals surface area contributed by atoms with E-state index in [0.717, 1.165) is 10.6 Å². The molecule has 6 heteroatoms. The van der Waals surface area contributed by atoms with Gasteiger partial charge in [0.15, 0.2) is 0 Å². The van der Waals surface area contributed by atoms with Crippen LogP contribution in [0.1, 0.15) is 12.0 Å². The second kappa shape index (κ2) is 6.83. The molecular weight excluding hydrogens is 315 g/mol. The van der Waals surface area contributed by atoms with Crippen LogP contribution in [0.15, 0.2) is 53.4 Å². The highest BCUT2D eigenvalue weighted by Gasteiger charge is 2.28. The number of benzene rings is 2. The molecule has 2 aromatic rings. The summed E-state index contributed by atoms with van der Waals surface area (Å²) in [5, 5.41) is 4.98. The Balaban J connectivity index is 1.58. The summed E-state index contributed by atoms with van der Waals surface area (Å²) in [6.45, 7) is 0.112. The largest absolute Gasteiger partial charge is 0.352 e. The minimum Gasteiger partial charge on any atom is -0.352 e. The molecule has 0 fully saturated rings. The van der Waals surface area contributed by atoms with Crippen molar-refractivity contribution < 1.29 is 14.0 Å². The quantitative estimate of drug-likeness (QED) is 0.906. The molecule has 0 saturated heterocycles. The van der Waals surface area contributed by atoms with Crippen molar-refractivity contribution >= 4 is 29.3 Å². The van der Waals surface area contributed by atoms with Gasteiger partial charge in [0, 0.05) is 23.4 Å². The van der Waals surface area contributed by atoms with E-state index in [-0.39, 0.29) is 30.6 Å². The second-order valence-electron chi connectivity index (χ2n) is 5.16. The molecule has 2 N–H and O–H groups in total. The van der Waals surface area contributed by atoms with Crippen molar-refractivity contribution in [2.75, 3.05) is 5.32 Å². The topological polar surface area (TPSA) is 58.2 Å². The molecule has 3 rings (SSSR count). The van der Waals surface area contributed by atoms with Crippen LogP contribution >= 0.6 is 11.8 Å². The number of rotatable bonds is 4. The van der Waals surface area contributed by atoms with Crippen molar-refractivity contribution in [3.63, 3.8) is 0 Å². The fraction of sp³-hybridized carbons (Fsp3) is 0.176. The van der Waals surface area contributed by atoms with Crippen LogP contribution in [0, 0.1) is 5.82 Å². The highest BCUT2D eigenvalue weighted by atomic mass is 32.2. The fourth-order valence-corrected chi connectivity index (χ4v) is 3.41. The molecule has 0 spiro atoms. The molecule has 0 bridgehead atoms. The van der Waals surface area contributed by atoms with Crippen LogP contribution < -0.4 is 10.6 Å². The molecule has 2 aromatic carbocycles. The first-order valence-electron chi connectivity index (χ1n) is 7.20. The fourth-order valence-electron chi connectivity index (χ4n) is 2.30. The van der Waals surface area contributed by atoms with E-state index in [1.54, 1.807) is 18.2 Å². The lowest BCUT2D eigenvalue weighted by molar-refractivity contribution is -0.124. The average Bonchev–Trinajstić information content (AvgIpc) is 2.55. The van der Waals surface area contributed by atoms with Crippen molar-refractivity contribution in [3.05, 3.63) is 59.9 Å². The second-order valence-corrected chi connectivity index (χ2v) is 6.41. The highest BCUT2D eigenvalue weighted by Crippen LogP contribution is 2.36. The predicted octanol–water partition coefficient (Wildman–Crippen LogP) is 2.95. The third-order valence-electron chi connectivity index (χ3n) is 3.51. The summed E-state index contributed by atoms with van der Waals surface area (Å²) in [7, 11) is 0. The van der Waals surface area contributed by atoms with E-state index < -0.39 is 5.25 Å². The molecule has 2 amide bonds. The lowest BCUT2D eigenvalue weighted by atomic mass is 10.2. The molecule has 4 nitrogen and oxygen atoms in total. The normalized spacial score (nSPS) is 16.4. The highest BCUT2D eigenvalue weighted by molar-refractivity contribution is 8.01. The van der Waals surface area contributed by atoms with Crippen molar-refractivity contribution in [1.29, 1.82) is 0 Å². The van der Waals surface area contributed by atoms with Gasteiger partial charge in [0.05, 0.1) is 10.9 Å². The number of nitrogens with one attached hydrogen (secondary N) is 2. The van der Waals surface area contributed by atoms with Crippen molar-refractivity contribution in [2.24, 2.45) is 0 Å². The first-order valence-corrected chi connectivity index (χ1v) is 8.08. The van der Waals surface area contributed by atoms with Gasteiger partial charge < -0.3 is 10.6 Å². The van der Waals surface area contributed by atoms with Crippen molar-refractivity contribution in [3.8, 4) is 0 Å². The van der Waals surface area contributed by atoms with Crippen LogP contribution in [-0.4, -0.2) is 17.1 Å².